The number of rotatable bonds is 3. The van der Waals surface area contributed by atoms with Gasteiger partial charge in [0.15, 0.2) is 0 Å². The Balaban J connectivity index is 2.44. The molecule has 1 unspecified atom stereocenters. The van der Waals surface area contributed by atoms with E-state index in [0.717, 1.165) is 0 Å². The highest BCUT2D eigenvalue weighted by Crippen LogP contribution is 2.44. The molecule has 0 amide bonds. The number of hydrogen-bond donors (Lipinski definition) is 1. The average molecular weight is 214 g/mol. The fraction of sp³-hybridized carbons (Fsp3) is 0.909. The average Bonchev–Trinajstić information content (AvgIpc) is 2.28. The van der Waals surface area contributed by atoms with E-state index in [9.17, 15) is 5.11 Å². The Morgan fingerprint density at radius 1 is 1.50 bits per heavy atom. The first kappa shape index (κ1) is 12.4. The first-order valence-corrected chi connectivity index (χ1v) is 8.72. The second kappa shape index (κ2) is 4.45. The Kier molecular flexibility index (Phi) is 3.94. The van der Waals surface area contributed by atoms with Crippen molar-refractivity contribution in [3.8, 4) is 0 Å². The third kappa shape index (κ3) is 3.17. The minimum Gasteiger partial charge on any atom is -0.393 e. The summed E-state index contributed by atoms with van der Waals surface area (Å²) >= 11 is 0. The molecule has 1 nitrogen and oxygen atoms in total. The van der Waals surface area contributed by atoms with Crippen LogP contribution in [-0.4, -0.2) is 44.8 Å². The molecule has 82 valence electrons. The van der Waals surface area contributed by atoms with Gasteiger partial charge in [0.2, 0.25) is 0 Å². The lowest BCUT2D eigenvalue weighted by atomic mass is 9.79. The van der Waals surface area contributed by atoms with Gasteiger partial charge in [0.1, 0.15) is 7.85 Å². The van der Waals surface area contributed by atoms with Crippen LogP contribution in [-0.2, 0) is 0 Å². The van der Waals surface area contributed by atoms with Crippen LogP contribution < -0.4 is 0 Å². The molecule has 0 spiro atoms. The van der Waals surface area contributed by atoms with Gasteiger partial charge in [0, 0.05) is 0 Å². The van der Waals surface area contributed by atoms with Crippen molar-refractivity contribution in [3.63, 3.8) is 0 Å². The van der Waals surface area contributed by atoms with Crippen molar-refractivity contribution < 1.29 is 5.11 Å². The highest BCUT2D eigenvalue weighted by atomic mass is 31.2. The summed E-state index contributed by atoms with van der Waals surface area (Å²) in [5, 5.41) is 10.0. The van der Waals surface area contributed by atoms with Crippen LogP contribution in [0.4, 0.5) is 0 Å². The lowest BCUT2D eigenvalue weighted by Gasteiger charge is -2.20. The van der Waals surface area contributed by atoms with Crippen molar-refractivity contribution in [2.24, 2.45) is 11.8 Å². The topological polar surface area (TPSA) is 20.2 Å². The molecular weight excluding hydrogens is 190 g/mol. The number of aliphatic hydroxyl groups is 1. The van der Waals surface area contributed by atoms with Gasteiger partial charge in [-0.05, 0) is 37.7 Å². The zero-order chi connectivity index (χ0) is 10.9. The first-order chi connectivity index (χ1) is 6.31. The molecule has 4 atom stereocenters. The molecule has 1 aliphatic rings. The summed E-state index contributed by atoms with van der Waals surface area (Å²) < 4.78 is 0. The maximum absolute atomic E-state index is 10.0. The number of aliphatic hydroxyl groups excluding tert-OH is 1. The van der Waals surface area contributed by atoms with Crippen LogP contribution in [0.2, 0.25) is 5.82 Å². The highest BCUT2D eigenvalue weighted by molar-refractivity contribution is 7.72. The van der Waals surface area contributed by atoms with Gasteiger partial charge in [-0.1, -0.05) is 19.2 Å². The van der Waals surface area contributed by atoms with E-state index in [1.807, 2.05) is 0 Å². The normalized spacial score (nSPS) is 38.9. The van der Waals surface area contributed by atoms with E-state index in [-0.39, 0.29) is 6.10 Å². The minimum absolute atomic E-state index is 0.0588. The molecule has 0 aromatic rings. The maximum Gasteiger partial charge on any atom is 0.105 e. The summed E-state index contributed by atoms with van der Waals surface area (Å²) in [7, 11) is 2.26. The second-order valence-electron chi connectivity index (χ2n) is 5.77. The van der Waals surface area contributed by atoms with E-state index in [2.05, 4.69) is 34.4 Å². The summed E-state index contributed by atoms with van der Waals surface area (Å²) in [4.78, 5) is 0. The van der Waals surface area contributed by atoms with Crippen LogP contribution in [0, 0.1) is 11.8 Å². The van der Waals surface area contributed by atoms with Crippen molar-refractivity contribution in [2.75, 3.05) is 19.5 Å². The summed E-state index contributed by atoms with van der Waals surface area (Å²) in [6, 6.07) is 0. The van der Waals surface area contributed by atoms with Gasteiger partial charge in [0.05, 0.1) is 6.10 Å². The molecule has 14 heavy (non-hydrogen) atoms. The standard InChI is InChI=1S/C11H24BOP/c1-8-10(12)7-9(11(8)13)5-6-14(2,3)4/h8-11,13H,2,5-7,12H2,1,3-4H3/t8?,9-,10+,11-/m0/s1. The predicted octanol–water partition coefficient (Wildman–Crippen LogP) is 1.52. The Morgan fingerprint density at radius 3 is 2.43 bits per heavy atom. The summed E-state index contributed by atoms with van der Waals surface area (Å²) in [6.45, 7) is 5.84. The van der Waals surface area contributed by atoms with Gasteiger partial charge < -0.3 is 5.11 Å². The zero-order valence-corrected chi connectivity index (χ0v) is 10.9. The van der Waals surface area contributed by atoms with E-state index in [1.165, 1.54) is 19.0 Å². The summed E-state index contributed by atoms with van der Waals surface area (Å²) in [5.74, 6) is 1.73. The highest BCUT2D eigenvalue weighted by Gasteiger charge is 2.36. The largest absolute Gasteiger partial charge is 0.393 e. The number of hydrogen-bond acceptors (Lipinski definition) is 1. The molecule has 0 aliphatic heterocycles. The zero-order valence-electron chi connectivity index (χ0n) is 10.0. The van der Waals surface area contributed by atoms with Crippen LogP contribution in [0.5, 0.6) is 0 Å². The van der Waals surface area contributed by atoms with Gasteiger partial charge in [-0.25, -0.2) is 0 Å². The lowest BCUT2D eigenvalue weighted by molar-refractivity contribution is 0.0967. The molecule has 1 N–H and O–H groups in total. The Morgan fingerprint density at radius 2 is 2.07 bits per heavy atom. The van der Waals surface area contributed by atoms with Crippen LogP contribution in [0.3, 0.4) is 0 Å². The molecule has 1 rings (SSSR count). The van der Waals surface area contributed by atoms with Crippen molar-refractivity contribution in [2.45, 2.75) is 31.7 Å². The Labute approximate surface area is 89.7 Å². The molecule has 0 aromatic carbocycles. The van der Waals surface area contributed by atoms with Crippen LogP contribution in [0.1, 0.15) is 19.8 Å². The molecule has 0 heterocycles. The van der Waals surface area contributed by atoms with E-state index in [1.54, 1.807) is 0 Å². The molecular formula is C11H24BOP. The Hall–Kier alpha value is 0.325. The second-order valence-corrected chi connectivity index (χ2v) is 10.1. The van der Waals surface area contributed by atoms with Crippen molar-refractivity contribution in [3.05, 3.63) is 0 Å². The van der Waals surface area contributed by atoms with Gasteiger partial charge >= 0.3 is 0 Å². The summed E-state index contributed by atoms with van der Waals surface area (Å²) in [5.41, 5.74) is 0. The van der Waals surface area contributed by atoms with Crippen molar-refractivity contribution in [1.82, 2.24) is 0 Å². The first-order valence-electron chi connectivity index (χ1n) is 5.66. The van der Waals surface area contributed by atoms with Gasteiger partial charge in [0.25, 0.3) is 0 Å². The molecule has 0 radical (unpaired) electrons. The lowest BCUT2D eigenvalue weighted by Crippen LogP contribution is -2.20. The van der Waals surface area contributed by atoms with E-state index in [4.69, 9.17) is 0 Å². The molecule has 0 aromatic heterocycles. The SMILES string of the molecule is B[C@@H]1C[C@H](CCP(=C)(C)C)[C@@H](O)C1C. The molecule has 3 heteroatoms. The van der Waals surface area contributed by atoms with Gasteiger partial charge in [-0.15, -0.1) is 13.2 Å². The van der Waals surface area contributed by atoms with Crippen LogP contribution in [0.15, 0.2) is 0 Å². The Bertz CT molecular complexity index is 235. The van der Waals surface area contributed by atoms with E-state index >= 15 is 0 Å². The van der Waals surface area contributed by atoms with Gasteiger partial charge in [-0.3, -0.25) is 0 Å². The molecule has 1 aliphatic carbocycles. The van der Waals surface area contributed by atoms with E-state index in [0.29, 0.717) is 17.7 Å². The monoisotopic (exact) mass is 214 g/mol. The maximum atomic E-state index is 10.0. The third-order valence-corrected chi connectivity index (χ3v) is 5.17. The fourth-order valence-corrected chi connectivity index (χ4v) is 3.43. The molecule has 0 bridgehead atoms. The van der Waals surface area contributed by atoms with Crippen molar-refractivity contribution in [1.29, 1.82) is 0 Å². The minimum atomic E-state index is -0.895. The fourth-order valence-electron chi connectivity index (χ4n) is 2.40. The molecule has 1 fully saturated rings. The third-order valence-electron chi connectivity index (χ3n) is 3.70. The quantitative estimate of drug-likeness (QED) is 0.557. The van der Waals surface area contributed by atoms with Crippen LogP contribution in [0.25, 0.3) is 0 Å². The predicted molar refractivity (Wildman–Crippen MR) is 70.9 cm³/mol. The van der Waals surface area contributed by atoms with Crippen LogP contribution >= 0.6 is 6.89 Å². The van der Waals surface area contributed by atoms with Crippen molar-refractivity contribution >= 4 is 21.0 Å². The van der Waals surface area contributed by atoms with Gasteiger partial charge in [-0.2, -0.15) is 0 Å². The van der Waals surface area contributed by atoms with E-state index < -0.39 is 6.89 Å². The molecule has 0 saturated heterocycles. The smallest absolute Gasteiger partial charge is 0.105 e. The summed E-state index contributed by atoms with van der Waals surface area (Å²) in [6.07, 6.45) is 7.79. The molecule has 1 saturated carbocycles.